The number of nitrogens with zero attached hydrogens (tertiary/aromatic N) is 5. The van der Waals surface area contributed by atoms with Crippen molar-refractivity contribution in [2.45, 2.75) is 46.2 Å². The minimum Gasteiger partial charge on any atom is -0.361 e. The number of pyridine rings is 2. The second-order valence-electron chi connectivity index (χ2n) is 8.40. The highest BCUT2D eigenvalue weighted by Gasteiger charge is 2.34. The van der Waals surface area contributed by atoms with Gasteiger partial charge in [-0.1, -0.05) is 13.8 Å². The van der Waals surface area contributed by atoms with Crippen LogP contribution in [0.2, 0.25) is 0 Å². The van der Waals surface area contributed by atoms with Gasteiger partial charge in [0.2, 0.25) is 5.91 Å². The maximum Gasteiger partial charge on any atom is 0.247 e. The first-order valence-corrected chi connectivity index (χ1v) is 10.5. The van der Waals surface area contributed by atoms with Gasteiger partial charge in [-0.2, -0.15) is 5.10 Å². The molecule has 0 spiro atoms. The van der Waals surface area contributed by atoms with Crippen LogP contribution in [-0.2, 0) is 24.2 Å². The van der Waals surface area contributed by atoms with Gasteiger partial charge in [-0.3, -0.25) is 19.4 Å². The Kier molecular flexibility index (Phi) is 5.71. The molecular weight excluding hydrogens is 395 g/mol. The maximum atomic E-state index is 13.8. The Labute approximate surface area is 181 Å². The van der Waals surface area contributed by atoms with Crippen LogP contribution < -0.4 is 10.2 Å². The van der Waals surface area contributed by atoms with Gasteiger partial charge < -0.3 is 10.2 Å². The number of hydrogen-bond donors (Lipinski definition) is 1. The smallest absolute Gasteiger partial charge is 0.247 e. The minimum absolute atomic E-state index is 0.0145. The lowest BCUT2D eigenvalue weighted by Crippen LogP contribution is -2.49. The number of rotatable bonds is 6. The summed E-state index contributed by atoms with van der Waals surface area (Å²) < 4.78 is 15.6. The summed E-state index contributed by atoms with van der Waals surface area (Å²) in [4.78, 5) is 23.0. The van der Waals surface area contributed by atoms with Gasteiger partial charge in [0.25, 0.3) is 0 Å². The zero-order valence-corrected chi connectivity index (χ0v) is 18.3. The molecular formula is C23H27FN6O. The van der Waals surface area contributed by atoms with Gasteiger partial charge in [0.1, 0.15) is 11.9 Å². The fourth-order valence-corrected chi connectivity index (χ4v) is 4.15. The Hall–Kier alpha value is -3.29. The topological polar surface area (TPSA) is 75.9 Å². The maximum absolute atomic E-state index is 13.8. The first-order valence-electron chi connectivity index (χ1n) is 10.5. The van der Waals surface area contributed by atoms with Crippen LogP contribution in [0.1, 0.15) is 36.4 Å². The molecule has 3 aromatic heterocycles. The molecule has 1 atom stereocenters. The number of halogens is 1. The molecule has 1 amide bonds. The SMILES string of the molecule is Cc1nc(CCc2cnn(Cc3ccncc3F)c2)cc2c1NC(=O)[C@H](C(C)C)N2C. The molecule has 1 N–H and O–H groups in total. The number of carbonyl (C=O) groups excluding carboxylic acids is 1. The highest BCUT2D eigenvalue weighted by Crippen LogP contribution is 2.35. The van der Waals surface area contributed by atoms with Crippen molar-refractivity contribution < 1.29 is 9.18 Å². The molecule has 0 bridgehead atoms. The van der Waals surface area contributed by atoms with Crippen molar-refractivity contribution in [1.29, 1.82) is 0 Å². The van der Waals surface area contributed by atoms with E-state index in [0.717, 1.165) is 41.2 Å². The summed E-state index contributed by atoms with van der Waals surface area (Å²) in [6.07, 6.45) is 8.06. The van der Waals surface area contributed by atoms with Crippen LogP contribution in [0.15, 0.2) is 36.9 Å². The third-order valence-corrected chi connectivity index (χ3v) is 5.72. The van der Waals surface area contributed by atoms with E-state index in [2.05, 4.69) is 40.2 Å². The normalized spacial score (nSPS) is 15.9. The quantitative estimate of drug-likeness (QED) is 0.659. The van der Waals surface area contributed by atoms with E-state index in [1.807, 2.05) is 26.4 Å². The van der Waals surface area contributed by atoms with Crippen molar-refractivity contribution in [2.75, 3.05) is 17.3 Å². The van der Waals surface area contributed by atoms with Crippen molar-refractivity contribution >= 4 is 17.3 Å². The molecule has 1 aliphatic rings. The summed E-state index contributed by atoms with van der Waals surface area (Å²) in [7, 11) is 1.97. The van der Waals surface area contributed by atoms with Crippen LogP contribution in [0.3, 0.4) is 0 Å². The molecule has 0 aromatic carbocycles. The van der Waals surface area contributed by atoms with E-state index in [9.17, 15) is 9.18 Å². The highest BCUT2D eigenvalue weighted by atomic mass is 19.1. The fraction of sp³-hybridized carbons (Fsp3) is 0.391. The summed E-state index contributed by atoms with van der Waals surface area (Å²) in [5, 5.41) is 7.39. The third-order valence-electron chi connectivity index (χ3n) is 5.72. The van der Waals surface area contributed by atoms with E-state index in [1.54, 1.807) is 16.9 Å². The molecule has 4 rings (SSSR count). The zero-order chi connectivity index (χ0) is 22.1. The van der Waals surface area contributed by atoms with Crippen molar-refractivity contribution in [1.82, 2.24) is 19.7 Å². The Bertz CT molecular complexity index is 1110. The Balaban J connectivity index is 1.48. The fourth-order valence-electron chi connectivity index (χ4n) is 4.15. The lowest BCUT2D eigenvalue weighted by molar-refractivity contribution is -0.118. The largest absolute Gasteiger partial charge is 0.361 e. The number of amides is 1. The van der Waals surface area contributed by atoms with Crippen LogP contribution in [0.25, 0.3) is 0 Å². The number of hydrogen-bond acceptors (Lipinski definition) is 5. The summed E-state index contributed by atoms with van der Waals surface area (Å²) in [5.74, 6) is -0.115. The van der Waals surface area contributed by atoms with Crippen molar-refractivity contribution in [3.63, 3.8) is 0 Å². The van der Waals surface area contributed by atoms with E-state index < -0.39 is 0 Å². The summed E-state index contributed by atoms with van der Waals surface area (Å²) >= 11 is 0. The van der Waals surface area contributed by atoms with Gasteiger partial charge in [-0.25, -0.2) is 4.39 Å². The molecule has 31 heavy (non-hydrogen) atoms. The number of anilines is 2. The lowest BCUT2D eigenvalue weighted by Gasteiger charge is -2.38. The number of aryl methyl sites for hydroxylation is 3. The van der Waals surface area contributed by atoms with Crippen LogP contribution >= 0.6 is 0 Å². The van der Waals surface area contributed by atoms with E-state index in [0.29, 0.717) is 12.1 Å². The minimum atomic E-state index is -0.329. The van der Waals surface area contributed by atoms with Crippen LogP contribution in [0.5, 0.6) is 0 Å². The van der Waals surface area contributed by atoms with Crippen LogP contribution in [-0.4, -0.2) is 38.7 Å². The van der Waals surface area contributed by atoms with E-state index in [4.69, 9.17) is 4.98 Å². The predicted molar refractivity (Wildman–Crippen MR) is 118 cm³/mol. The zero-order valence-electron chi connectivity index (χ0n) is 18.3. The number of nitrogens with one attached hydrogen (secondary N) is 1. The van der Waals surface area contributed by atoms with Crippen molar-refractivity contribution in [3.8, 4) is 0 Å². The molecule has 8 heteroatoms. The van der Waals surface area contributed by atoms with Crippen molar-refractivity contribution in [3.05, 3.63) is 65.3 Å². The van der Waals surface area contributed by atoms with Gasteiger partial charge in [0.15, 0.2) is 0 Å². The second-order valence-corrected chi connectivity index (χ2v) is 8.40. The summed E-state index contributed by atoms with van der Waals surface area (Å²) in [6.45, 7) is 6.39. The molecule has 0 radical (unpaired) electrons. The average Bonchev–Trinajstić information content (AvgIpc) is 3.16. The van der Waals surface area contributed by atoms with E-state index in [1.165, 1.54) is 6.20 Å². The standard InChI is InChI=1S/C23H27FN6O/c1-14(2)22-23(31)28-21-15(3)27-18(9-20(21)29(22)4)6-5-16-10-26-30(12-16)13-17-7-8-25-11-19(17)24/h7-12,14,22H,5-6,13H2,1-4H3,(H,28,31)/t22-/m0/s1. The third kappa shape index (κ3) is 4.28. The number of carbonyl (C=O) groups is 1. The Morgan fingerprint density at radius 1 is 1.26 bits per heavy atom. The molecule has 1 aliphatic heterocycles. The van der Waals surface area contributed by atoms with Gasteiger partial charge in [0, 0.05) is 30.7 Å². The molecule has 0 fully saturated rings. The summed E-state index contributed by atoms with van der Waals surface area (Å²) in [6, 6.07) is 3.53. The Morgan fingerprint density at radius 3 is 2.81 bits per heavy atom. The Morgan fingerprint density at radius 2 is 2.06 bits per heavy atom. The van der Waals surface area contributed by atoms with Gasteiger partial charge in [-0.05, 0) is 43.4 Å². The molecule has 0 saturated heterocycles. The molecule has 3 aromatic rings. The van der Waals surface area contributed by atoms with Gasteiger partial charge in [0.05, 0.1) is 36.0 Å². The predicted octanol–water partition coefficient (Wildman–Crippen LogP) is 3.37. The number of likely N-dealkylation sites (N-methyl/N-ethyl adjacent to an activating group) is 1. The number of aromatic nitrogens is 4. The monoisotopic (exact) mass is 422 g/mol. The molecule has 0 aliphatic carbocycles. The first kappa shape index (κ1) is 21.0. The first-order chi connectivity index (χ1) is 14.8. The molecule has 7 nitrogen and oxygen atoms in total. The lowest BCUT2D eigenvalue weighted by atomic mass is 9.97. The van der Waals surface area contributed by atoms with Crippen LogP contribution in [0, 0.1) is 18.7 Å². The van der Waals surface area contributed by atoms with Crippen molar-refractivity contribution in [2.24, 2.45) is 5.92 Å². The highest BCUT2D eigenvalue weighted by molar-refractivity contribution is 6.04. The van der Waals surface area contributed by atoms with Gasteiger partial charge >= 0.3 is 0 Å². The second kappa shape index (κ2) is 8.45. The molecule has 0 unspecified atom stereocenters. The average molecular weight is 423 g/mol. The number of fused-ring (bicyclic) bond motifs is 1. The van der Waals surface area contributed by atoms with Crippen LogP contribution in [0.4, 0.5) is 15.8 Å². The van der Waals surface area contributed by atoms with E-state index >= 15 is 0 Å². The summed E-state index contributed by atoms with van der Waals surface area (Å²) in [5.41, 5.74) is 5.20. The van der Waals surface area contributed by atoms with Gasteiger partial charge in [-0.15, -0.1) is 0 Å². The molecule has 162 valence electrons. The van der Waals surface area contributed by atoms with E-state index in [-0.39, 0.29) is 23.7 Å². The molecule has 0 saturated carbocycles. The molecule has 4 heterocycles.